The molecule has 0 radical (unpaired) electrons. The van der Waals surface area contributed by atoms with Crippen LogP contribution in [0.1, 0.15) is 56.2 Å². The van der Waals surface area contributed by atoms with E-state index in [1.165, 1.54) is 0 Å². The molecule has 2 saturated heterocycles. The molecule has 2 aromatic heterocycles. The molecule has 5 rings (SSSR count). The van der Waals surface area contributed by atoms with Crippen molar-refractivity contribution in [1.82, 2.24) is 19.8 Å². The Morgan fingerprint density at radius 3 is 2.61 bits per heavy atom. The molecule has 41 heavy (non-hydrogen) atoms. The molecule has 1 amide bonds. The second kappa shape index (κ2) is 13.6. The van der Waals surface area contributed by atoms with Crippen LogP contribution in [0.4, 0.5) is 0 Å². The third-order valence-corrected chi connectivity index (χ3v) is 8.85. The average molecular weight is 563 g/mol. The first kappa shape index (κ1) is 29.2. The quantitative estimate of drug-likeness (QED) is 0.408. The highest BCUT2D eigenvalue weighted by molar-refractivity contribution is 5.84. The number of esters is 1. The zero-order valence-corrected chi connectivity index (χ0v) is 23.7. The van der Waals surface area contributed by atoms with Gasteiger partial charge in [0.25, 0.3) is 0 Å². The van der Waals surface area contributed by atoms with Crippen LogP contribution in [0, 0.1) is 5.41 Å². The predicted octanol–water partition coefficient (Wildman–Crippen LogP) is 3.45. The number of carbonyl (C=O) groups excluding carboxylic acids is 2. The molecule has 1 spiro atoms. The Bertz CT molecular complexity index is 1290. The van der Waals surface area contributed by atoms with Crippen molar-refractivity contribution in [2.75, 3.05) is 32.8 Å². The third-order valence-electron chi connectivity index (χ3n) is 8.85. The maximum Gasteiger partial charge on any atom is 0.312 e. The summed E-state index contributed by atoms with van der Waals surface area (Å²) < 4.78 is 5.61. The Labute approximate surface area is 241 Å². The zero-order valence-electron chi connectivity index (χ0n) is 23.7. The first-order valence-electron chi connectivity index (χ1n) is 14.9. The molecule has 0 unspecified atom stereocenters. The molecular weight excluding hydrogens is 520 g/mol. The van der Waals surface area contributed by atoms with E-state index in [9.17, 15) is 19.8 Å². The van der Waals surface area contributed by atoms with Crippen LogP contribution in [0.15, 0.2) is 54.9 Å². The van der Waals surface area contributed by atoms with Crippen molar-refractivity contribution < 1.29 is 24.5 Å². The normalized spacial score (nSPS) is 23.0. The van der Waals surface area contributed by atoms with Gasteiger partial charge in [0, 0.05) is 49.4 Å². The molecule has 220 valence electrons. The van der Waals surface area contributed by atoms with Crippen LogP contribution in [-0.4, -0.2) is 86.9 Å². The summed E-state index contributed by atoms with van der Waals surface area (Å²) in [5, 5.41) is 22.3. The molecule has 3 aromatic rings. The number of likely N-dealkylation sites (tertiary alicyclic amines) is 1. The number of ether oxygens (including phenoxy) is 1. The number of amides is 1. The van der Waals surface area contributed by atoms with E-state index in [4.69, 9.17) is 4.74 Å². The van der Waals surface area contributed by atoms with Gasteiger partial charge in [0.05, 0.1) is 17.2 Å². The van der Waals surface area contributed by atoms with Crippen molar-refractivity contribution in [3.05, 3.63) is 66.1 Å². The number of aromatic amines is 1. The molecule has 9 heteroatoms. The number of nitrogens with zero attached hydrogens (tertiary/aromatic N) is 3. The van der Waals surface area contributed by atoms with Gasteiger partial charge in [-0.25, -0.2) is 0 Å². The number of fused-ring (bicyclic) bond motifs is 1. The molecule has 4 heterocycles. The van der Waals surface area contributed by atoms with Crippen molar-refractivity contribution in [3.63, 3.8) is 0 Å². The lowest BCUT2D eigenvalue weighted by Gasteiger charge is -2.40. The minimum Gasteiger partial charge on any atom is -0.462 e. The fraction of sp³-hybridized carbons (Fsp3) is 0.531. The molecule has 2 aliphatic heterocycles. The first-order valence-corrected chi connectivity index (χ1v) is 14.9. The van der Waals surface area contributed by atoms with Gasteiger partial charge in [0.2, 0.25) is 5.91 Å². The number of aliphatic hydroxyl groups is 2. The Kier molecular flexibility index (Phi) is 9.69. The van der Waals surface area contributed by atoms with Gasteiger partial charge in [-0.05, 0) is 75.4 Å². The van der Waals surface area contributed by atoms with Crippen molar-refractivity contribution in [2.45, 2.75) is 70.1 Å². The van der Waals surface area contributed by atoms with E-state index >= 15 is 0 Å². The summed E-state index contributed by atoms with van der Waals surface area (Å²) in [7, 11) is 0. The molecule has 1 aromatic carbocycles. The van der Waals surface area contributed by atoms with E-state index in [2.05, 4.69) is 20.9 Å². The number of rotatable bonds is 5. The van der Waals surface area contributed by atoms with E-state index < -0.39 is 17.6 Å². The minimum atomic E-state index is -1.19. The number of carbonyl (C=O) groups is 2. The van der Waals surface area contributed by atoms with Gasteiger partial charge in [-0.3, -0.25) is 19.5 Å². The minimum absolute atomic E-state index is 0.0386. The van der Waals surface area contributed by atoms with Gasteiger partial charge >= 0.3 is 5.97 Å². The molecule has 2 atom stereocenters. The van der Waals surface area contributed by atoms with E-state index in [1.54, 1.807) is 6.20 Å². The summed E-state index contributed by atoms with van der Waals surface area (Å²) in [6.45, 7) is 2.93. The number of hydrogen-bond acceptors (Lipinski definition) is 7. The van der Waals surface area contributed by atoms with Crippen molar-refractivity contribution in [2.24, 2.45) is 5.41 Å². The molecule has 2 aliphatic rings. The summed E-state index contributed by atoms with van der Waals surface area (Å²) in [4.78, 5) is 38.5. The van der Waals surface area contributed by atoms with Gasteiger partial charge in [-0.15, -0.1) is 0 Å². The lowest BCUT2D eigenvalue weighted by Crippen LogP contribution is -2.46. The van der Waals surface area contributed by atoms with Crippen molar-refractivity contribution in [1.29, 1.82) is 0 Å². The second-order valence-electron chi connectivity index (χ2n) is 11.6. The Balaban J connectivity index is 1.21. The molecule has 0 aliphatic carbocycles. The Morgan fingerprint density at radius 2 is 1.80 bits per heavy atom. The summed E-state index contributed by atoms with van der Waals surface area (Å²) in [6.07, 6.45) is 6.31. The fourth-order valence-corrected chi connectivity index (χ4v) is 6.19. The highest BCUT2D eigenvalue weighted by Gasteiger charge is 2.42. The average Bonchev–Trinajstić information content (AvgIpc) is 3.42. The van der Waals surface area contributed by atoms with E-state index in [0.717, 1.165) is 54.6 Å². The molecule has 0 bridgehead atoms. The van der Waals surface area contributed by atoms with Crippen LogP contribution >= 0.6 is 0 Å². The fourth-order valence-electron chi connectivity index (χ4n) is 6.19. The molecule has 3 N–H and O–H groups in total. The summed E-state index contributed by atoms with van der Waals surface area (Å²) in [6, 6.07) is 14.0. The van der Waals surface area contributed by atoms with E-state index in [1.807, 2.05) is 47.5 Å². The predicted molar refractivity (Wildman–Crippen MR) is 156 cm³/mol. The Hall–Kier alpha value is -3.27. The SMILES string of the molecule is O=C(CCc1c[nH]c2ccccc12)N1CCCCC2(CCN(Cc3ccccn3)CC2)C(=O)OC[C@@H](O)[C@@H](O)CC1. The van der Waals surface area contributed by atoms with Crippen LogP contribution in [0.5, 0.6) is 0 Å². The number of benzene rings is 1. The maximum absolute atomic E-state index is 13.4. The number of pyridine rings is 1. The number of hydrogen-bond donors (Lipinski definition) is 3. The van der Waals surface area contributed by atoms with Crippen LogP contribution in [-0.2, 0) is 27.3 Å². The molecule has 0 saturated carbocycles. The van der Waals surface area contributed by atoms with Crippen LogP contribution in [0.25, 0.3) is 10.9 Å². The maximum atomic E-state index is 13.4. The number of cyclic esters (lactones) is 1. The molecule has 2 fully saturated rings. The van der Waals surface area contributed by atoms with Gasteiger partial charge < -0.3 is 24.8 Å². The van der Waals surface area contributed by atoms with Crippen molar-refractivity contribution in [3.8, 4) is 0 Å². The number of H-pyrrole nitrogens is 1. The molecular formula is C32H42N4O5. The highest BCUT2D eigenvalue weighted by Crippen LogP contribution is 2.38. The first-order chi connectivity index (χ1) is 19.9. The van der Waals surface area contributed by atoms with Gasteiger partial charge in [0.1, 0.15) is 12.7 Å². The molecule has 9 nitrogen and oxygen atoms in total. The van der Waals surface area contributed by atoms with Gasteiger partial charge in [-0.1, -0.05) is 30.7 Å². The summed E-state index contributed by atoms with van der Waals surface area (Å²) >= 11 is 0. The van der Waals surface area contributed by atoms with E-state index in [0.29, 0.717) is 45.2 Å². The monoisotopic (exact) mass is 562 g/mol. The summed E-state index contributed by atoms with van der Waals surface area (Å²) in [5.41, 5.74) is 2.56. The zero-order chi connectivity index (χ0) is 28.7. The Morgan fingerprint density at radius 1 is 1.00 bits per heavy atom. The smallest absolute Gasteiger partial charge is 0.312 e. The number of piperidine rings is 1. The number of aryl methyl sites for hydroxylation is 1. The van der Waals surface area contributed by atoms with Crippen molar-refractivity contribution >= 4 is 22.8 Å². The topological polar surface area (TPSA) is 119 Å². The van der Waals surface area contributed by atoms with Crippen LogP contribution in [0.2, 0.25) is 0 Å². The number of nitrogens with one attached hydrogen (secondary N) is 1. The largest absolute Gasteiger partial charge is 0.462 e. The lowest BCUT2D eigenvalue weighted by molar-refractivity contribution is -0.165. The van der Waals surface area contributed by atoms with Gasteiger partial charge in [0.15, 0.2) is 0 Å². The van der Waals surface area contributed by atoms with Crippen LogP contribution in [0.3, 0.4) is 0 Å². The number of aliphatic hydroxyl groups excluding tert-OH is 2. The number of aromatic nitrogens is 2. The van der Waals surface area contributed by atoms with E-state index in [-0.39, 0.29) is 24.9 Å². The lowest BCUT2D eigenvalue weighted by atomic mass is 9.74. The second-order valence-corrected chi connectivity index (χ2v) is 11.6. The number of para-hydroxylation sites is 1. The third kappa shape index (κ3) is 7.33. The van der Waals surface area contributed by atoms with Gasteiger partial charge in [-0.2, -0.15) is 0 Å². The van der Waals surface area contributed by atoms with Crippen LogP contribution < -0.4 is 0 Å². The highest BCUT2D eigenvalue weighted by atomic mass is 16.5. The summed E-state index contributed by atoms with van der Waals surface area (Å²) in [5.74, 6) is -0.246. The standard InChI is InChI=1S/C32H42N4O5/c37-28-12-18-36(30(39)11-10-24-21-34-27-9-2-1-8-26(24)27)17-6-4-13-32(31(40)41-23-29(28)38)14-19-35(20-15-32)22-25-7-3-5-16-33-25/h1-3,5,7-9,16,21,28-29,34,37-38H,4,6,10-15,17-20,22-23H2/t28-,29+/m0/s1.